The smallest absolute Gasteiger partial charge is 0.339 e. The highest BCUT2D eigenvalue weighted by atomic mass is 16.2. The van der Waals surface area contributed by atoms with Crippen LogP contribution in [0.1, 0.15) is 0 Å². The zero-order valence-corrected chi connectivity index (χ0v) is 4.96. The molecule has 0 aromatic heterocycles. The number of hydrogen-bond donors (Lipinski definition) is 1. The predicted molar refractivity (Wildman–Crippen MR) is 31.8 cm³/mol. The second kappa shape index (κ2) is 3.01. The van der Waals surface area contributed by atoms with Gasteiger partial charge in [-0.15, -0.1) is 0 Å². The van der Waals surface area contributed by atoms with E-state index in [4.69, 9.17) is 0 Å². The summed E-state index contributed by atoms with van der Waals surface area (Å²) in [4.78, 5) is 14.8. The van der Waals surface area contributed by atoms with E-state index in [2.05, 4.69) is 10.7 Å². The summed E-state index contributed by atoms with van der Waals surface area (Å²) in [5.41, 5.74) is 4.68. The average molecular weight is 115 g/mol. The van der Waals surface area contributed by atoms with Crippen LogP contribution in [0.2, 0.25) is 0 Å². The van der Waals surface area contributed by atoms with Crippen molar-refractivity contribution < 1.29 is 4.79 Å². The van der Waals surface area contributed by atoms with Gasteiger partial charge in [0.2, 0.25) is 0 Å². The van der Waals surface area contributed by atoms with Gasteiger partial charge < -0.3 is 10.6 Å². The molecular weight excluding hydrogens is 106 g/mol. The van der Waals surface area contributed by atoms with Gasteiger partial charge in [0.05, 0.1) is 6.34 Å². The first kappa shape index (κ1) is 6.94. The van der Waals surface area contributed by atoms with Crippen LogP contribution in [-0.4, -0.2) is 31.4 Å². The van der Waals surface area contributed by atoms with Gasteiger partial charge in [0.1, 0.15) is 0 Å². The topological polar surface area (TPSA) is 58.7 Å². The number of carbonyl (C=O) groups excluding carboxylic acids is 1. The molecule has 4 heteroatoms. The third-order valence-corrected chi connectivity index (χ3v) is 0.416. The zero-order valence-electron chi connectivity index (χ0n) is 4.96. The molecule has 0 rings (SSSR count). The number of nitrogens with two attached hydrogens (primary N) is 1. The van der Waals surface area contributed by atoms with Crippen molar-refractivity contribution in [1.29, 1.82) is 0 Å². The molecule has 0 aromatic carbocycles. The van der Waals surface area contributed by atoms with Gasteiger partial charge in [0.15, 0.2) is 0 Å². The Morgan fingerprint density at radius 2 is 2.25 bits per heavy atom. The molecule has 0 heterocycles. The highest BCUT2D eigenvalue weighted by Gasteiger charge is 1.81. The molecule has 8 heavy (non-hydrogen) atoms. The molecule has 0 atom stereocenters. The van der Waals surface area contributed by atoms with Crippen molar-refractivity contribution in [2.45, 2.75) is 0 Å². The maximum absolute atomic E-state index is 9.90. The number of primary amides is 1. The van der Waals surface area contributed by atoms with E-state index in [1.54, 1.807) is 19.0 Å². The lowest BCUT2D eigenvalue weighted by molar-refractivity contribution is 0.256. The molecule has 4 nitrogen and oxygen atoms in total. The maximum Gasteiger partial charge on any atom is 0.339 e. The average Bonchev–Trinajstić information content (AvgIpc) is 1.61. The van der Waals surface area contributed by atoms with Crippen molar-refractivity contribution in [3.05, 3.63) is 0 Å². The zero-order chi connectivity index (χ0) is 6.57. The Morgan fingerprint density at radius 3 is 2.38 bits per heavy atom. The fourth-order valence-corrected chi connectivity index (χ4v) is 0.172. The van der Waals surface area contributed by atoms with E-state index in [1.165, 1.54) is 6.34 Å². The Kier molecular flexibility index (Phi) is 2.61. The van der Waals surface area contributed by atoms with E-state index < -0.39 is 6.03 Å². The molecule has 2 amide bonds. The lowest BCUT2D eigenvalue weighted by Crippen LogP contribution is -2.12. The largest absolute Gasteiger partial charge is 0.369 e. The minimum absolute atomic E-state index is 0.668. The van der Waals surface area contributed by atoms with Crippen molar-refractivity contribution >= 4 is 12.4 Å². The summed E-state index contributed by atoms with van der Waals surface area (Å²) < 4.78 is 0. The van der Waals surface area contributed by atoms with E-state index in [1.807, 2.05) is 0 Å². The SMILES string of the molecule is CN(C)C=NC(N)=O. The molecule has 0 aromatic rings. The molecule has 0 radical (unpaired) electrons. The molecule has 0 bridgehead atoms. The Balaban J connectivity index is 3.50. The van der Waals surface area contributed by atoms with Crippen LogP contribution in [0.15, 0.2) is 4.99 Å². The summed E-state index contributed by atoms with van der Waals surface area (Å²) in [5, 5.41) is 0. The van der Waals surface area contributed by atoms with Crippen molar-refractivity contribution in [2.75, 3.05) is 14.1 Å². The molecule has 2 N–H and O–H groups in total. The van der Waals surface area contributed by atoms with Crippen LogP contribution in [0.25, 0.3) is 0 Å². The highest BCUT2D eigenvalue weighted by Crippen LogP contribution is 1.66. The van der Waals surface area contributed by atoms with Gasteiger partial charge in [-0.25, -0.2) is 4.79 Å². The second-order valence-electron chi connectivity index (χ2n) is 1.55. The molecule has 0 spiro atoms. The summed E-state index contributed by atoms with van der Waals surface area (Å²) in [5.74, 6) is 0. The van der Waals surface area contributed by atoms with E-state index in [9.17, 15) is 4.79 Å². The van der Waals surface area contributed by atoms with Crippen LogP contribution in [0.3, 0.4) is 0 Å². The Labute approximate surface area is 48.0 Å². The van der Waals surface area contributed by atoms with Crippen molar-refractivity contribution in [2.24, 2.45) is 10.7 Å². The summed E-state index contributed by atoms with van der Waals surface area (Å²) in [6, 6.07) is -0.668. The normalized spacial score (nSPS) is 9.75. The molecule has 0 unspecified atom stereocenters. The fourth-order valence-electron chi connectivity index (χ4n) is 0.172. The van der Waals surface area contributed by atoms with Gasteiger partial charge >= 0.3 is 6.03 Å². The van der Waals surface area contributed by atoms with Crippen LogP contribution >= 0.6 is 0 Å². The number of rotatable bonds is 1. The Bertz CT molecular complexity index is 108. The molecule has 46 valence electrons. The number of hydrogen-bond acceptors (Lipinski definition) is 1. The van der Waals surface area contributed by atoms with Gasteiger partial charge in [-0.3, -0.25) is 0 Å². The second-order valence-corrected chi connectivity index (χ2v) is 1.55. The highest BCUT2D eigenvalue weighted by molar-refractivity contribution is 5.81. The maximum atomic E-state index is 9.90. The van der Waals surface area contributed by atoms with Gasteiger partial charge in [-0.05, 0) is 0 Å². The number of amides is 2. The van der Waals surface area contributed by atoms with E-state index in [0.29, 0.717) is 0 Å². The lowest BCUT2D eigenvalue weighted by atomic mass is 10.9. The molecule has 0 fully saturated rings. The van der Waals surface area contributed by atoms with Gasteiger partial charge in [-0.1, -0.05) is 0 Å². The summed E-state index contributed by atoms with van der Waals surface area (Å²) in [6.07, 6.45) is 1.35. The van der Waals surface area contributed by atoms with Crippen LogP contribution in [0.5, 0.6) is 0 Å². The summed E-state index contributed by atoms with van der Waals surface area (Å²) in [7, 11) is 3.51. The minimum atomic E-state index is -0.668. The van der Waals surface area contributed by atoms with Crippen LogP contribution < -0.4 is 5.73 Å². The summed E-state index contributed by atoms with van der Waals surface area (Å²) >= 11 is 0. The first-order chi connectivity index (χ1) is 3.63. The van der Waals surface area contributed by atoms with Gasteiger partial charge in [0, 0.05) is 14.1 Å². The van der Waals surface area contributed by atoms with Gasteiger partial charge in [-0.2, -0.15) is 4.99 Å². The number of urea groups is 1. The van der Waals surface area contributed by atoms with E-state index in [0.717, 1.165) is 0 Å². The quantitative estimate of drug-likeness (QED) is 0.375. The van der Waals surface area contributed by atoms with Crippen molar-refractivity contribution in [3.63, 3.8) is 0 Å². The number of carbonyl (C=O) groups is 1. The number of aliphatic imine (C=N–C) groups is 1. The fraction of sp³-hybridized carbons (Fsp3) is 0.500. The molecule has 0 saturated carbocycles. The Hall–Kier alpha value is -1.06. The monoisotopic (exact) mass is 115 g/mol. The van der Waals surface area contributed by atoms with Gasteiger partial charge in [0.25, 0.3) is 0 Å². The van der Waals surface area contributed by atoms with E-state index >= 15 is 0 Å². The predicted octanol–water partition coefficient (Wildman–Crippen LogP) is -0.345. The van der Waals surface area contributed by atoms with Crippen molar-refractivity contribution in [1.82, 2.24) is 4.90 Å². The van der Waals surface area contributed by atoms with Crippen LogP contribution in [0.4, 0.5) is 4.79 Å². The lowest BCUT2D eigenvalue weighted by Gasteiger charge is -1.99. The molecule has 0 aliphatic heterocycles. The molecular formula is C4H9N3O. The van der Waals surface area contributed by atoms with Crippen LogP contribution in [-0.2, 0) is 0 Å². The summed E-state index contributed by atoms with van der Waals surface area (Å²) in [6.45, 7) is 0. The first-order valence-corrected chi connectivity index (χ1v) is 2.13. The molecule has 0 aliphatic rings. The number of nitrogens with zero attached hydrogens (tertiary/aromatic N) is 2. The third-order valence-electron chi connectivity index (χ3n) is 0.416. The van der Waals surface area contributed by atoms with E-state index in [-0.39, 0.29) is 0 Å². The van der Waals surface area contributed by atoms with Crippen molar-refractivity contribution in [3.8, 4) is 0 Å². The van der Waals surface area contributed by atoms with Crippen LogP contribution in [0, 0.1) is 0 Å². The first-order valence-electron chi connectivity index (χ1n) is 2.13. The molecule has 0 aliphatic carbocycles. The molecule has 0 saturated heterocycles. The Morgan fingerprint density at radius 1 is 1.75 bits per heavy atom. The third kappa shape index (κ3) is 4.94. The standard InChI is InChI=1S/C4H9N3O/c1-7(2)3-6-4(5)8/h3H,1-2H3,(H2,5,8). The minimum Gasteiger partial charge on any atom is -0.369 e.